The number of carboxylic acids is 1. The van der Waals surface area contributed by atoms with Gasteiger partial charge >= 0.3 is 5.97 Å². The van der Waals surface area contributed by atoms with Crippen molar-refractivity contribution < 1.29 is 18.3 Å². The maximum Gasteiger partial charge on any atom is 0.324 e. The summed E-state index contributed by atoms with van der Waals surface area (Å²) >= 11 is 6.72. The van der Waals surface area contributed by atoms with E-state index in [0.717, 1.165) is 11.3 Å². The van der Waals surface area contributed by atoms with Crippen molar-refractivity contribution in [2.24, 2.45) is 0 Å². The highest BCUT2D eigenvalue weighted by Crippen LogP contribution is 2.38. The molecule has 2 N–H and O–H groups in total. The Bertz CT molecular complexity index is 554. The largest absolute Gasteiger partial charge is 0.480 e. The number of hydrogen-bond acceptors (Lipinski definition) is 4. The smallest absolute Gasteiger partial charge is 0.324 e. The Morgan fingerprint density at radius 1 is 1.59 bits per heavy atom. The number of carbonyl (C=O) groups is 1. The van der Waals surface area contributed by atoms with Gasteiger partial charge in [-0.2, -0.15) is 4.72 Å². The summed E-state index contributed by atoms with van der Waals surface area (Å²) in [6, 6.07) is 1.44. The molecule has 2 rings (SSSR count). The number of rotatable bonds is 4. The van der Waals surface area contributed by atoms with E-state index in [0.29, 0.717) is 22.7 Å². The van der Waals surface area contributed by atoms with Crippen molar-refractivity contribution in [1.29, 1.82) is 0 Å². The average molecular weight is 296 g/mol. The van der Waals surface area contributed by atoms with Crippen LogP contribution in [-0.2, 0) is 14.8 Å². The Kier molecular flexibility index (Phi) is 2.97. The first-order valence-electron chi connectivity index (χ1n) is 4.80. The van der Waals surface area contributed by atoms with E-state index in [1.165, 1.54) is 6.07 Å². The van der Waals surface area contributed by atoms with Crippen molar-refractivity contribution in [2.45, 2.75) is 29.5 Å². The minimum atomic E-state index is -3.80. The van der Waals surface area contributed by atoms with Crippen molar-refractivity contribution in [3.8, 4) is 0 Å². The molecule has 0 amide bonds. The van der Waals surface area contributed by atoms with Gasteiger partial charge in [-0.1, -0.05) is 11.6 Å². The fourth-order valence-corrected chi connectivity index (χ4v) is 4.48. The van der Waals surface area contributed by atoms with E-state index in [1.54, 1.807) is 6.92 Å². The lowest BCUT2D eigenvalue weighted by Crippen LogP contribution is -2.42. The molecule has 0 saturated heterocycles. The third-order valence-electron chi connectivity index (χ3n) is 2.59. The molecular formula is C9H10ClNO4S2. The van der Waals surface area contributed by atoms with Crippen LogP contribution in [0.2, 0.25) is 4.34 Å². The van der Waals surface area contributed by atoms with Crippen LogP contribution in [0.1, 0.15) is 18.4 Å². The highest BCUT2D eigenvalue weighted by atomic mass is 35.5. The van der Waals surface area contributed by atoms with Gasteiger partial charge in [-0.15, -0.1) is 11.3 Å². The van der Waals surface area contributed by atoms with Crippen molar-refractivity contribution in [2.75, 3.05) is 0 Å². The number of halogens is 1. The summed E-state index contributed by atoms with van der Waals surface area (Å²) in [6.07, 6.45) is 0.638. The molecule has 0 atom stereocenters. The van der Waals surface area contributed by atoms with E-state index < -0.39 is 21.5 Å². The first kappa shape index (κ1) is 12.8. The number of carboxylic acid groups (broad SMARTS) is 1. The SMILES string of the molecule is Cc1cc(S(=O)(=O)NC2(C(=O)O)CC2)sc1Cl. The second-order valence-electron chi connectivity index (χ2n) is 4.01. The number of sulfonamides is 1. The lowest BCUT2D eigenvalue weighted by Gasteiger charge is -2.11. The number of thiophene rings is 1. The molecule has 0 bridgehead atoms. The van der Waals surface area contributed by atoms with E-state index in [1.807, 2.05) is 0 Å². The van der Waals surface area contributed by atoms with Crippen molar-refractivity contribution in [1.82, 2.24) is 4.72 Å². The van der Waals surface area contributed by atoms with E-state index >= 15 is 0 Å². The fourth-order valence-electron chi connectivity index (χ4n) is 1.36. The quantitative estimate of drug-likeness (QED) is 0.884. The molecule has 1 heterocycles. The van der Waals surface area contributed by atoms with Gasteiger partial charge in [0.05, 0.1) is 4.34 Å². The maximum absolute atomic E-state index is 11.9. The fraction of sp³-hybridized carbons (Fsp3) is 0.444. The second kappa shape index (κ2) is 3.94. The zero-order valence-electron chi connectivity index (χ0n) is 8.86. The molecule has 1 aromatic heterocycles. The summed E-state index contributed by atoms with van der Waals surface area (Å²) in [5, 5.41) is 8.92. The molecule has 17 heavy (non-hydrogen) atoms. The summed E-state index contributed by atoms with van der Waals surface area (Å²) in [7, 11) is -3.80. The maximum atomic E-state index is 11.9. The third-order valence-corrected chi connectivity index (χ3v) is 6.15. The van der Waals surface area contributed by atoms with Crippen LogP contribution >= 0.6 is 22.9 Å². The van der Waals surface area contributed by atoms with Crippen molar-refractivity contribution in [3.63, 3.8) is 0 Å². The predicted molar refractivity (Wildman–Crippen MR) is 64.0 cm³/mol. The summed E-state index contributed by atoms with van der Waals surface area (Å²) in [6.45, 7) is 1.70. The molecule has 1 aliphatic rings. The summed E-state index contributed by atoms with van der Waals surface area (Å²) in [5.74, 6) is -1.14. The molecule has 0 spiro atoms. The first-order chi connectivity index (χ1) is 7.77. The van der Waals surface area contributed by atoms with Crippen LogP contribution in [0.4, 0.5) is 0 Å². The van der Waals surface area contributed by atoms with Gasteiger partial charge in [0.2, 0.25) is 0 Å². The summed E-state index contributed by atoms with van der Waals surface area (Å²) in [5.41, 5.74) is -0.652. The van der Waals surface area contributed by atoms with E-state index in [-0.39, 0.29) is 4.21 Å². The zero-order chi connectivity index (χ0) is 12.8. The molecule has 1 fully saturated rings. The lowest BCUT2D eigenvalue weighted by atomic mass is 10.3. The second-order valence-corrected chi connectivity index (χ2v) is 7.58. The van der Waals surface area contributed by atoms with Gasteiger partial charge in [0, 0.05) is 0 Å². The standard InChI is InChI=1S/C9H10ClNO4S2/c1-5-4-6(16-7(5)10)17(14,15)11-9(2-3-9)8(12)13/h4,11H,2-3H2,1H3,(H,12,13). The Balaban J connectivity index is 2.29. The van der Waals surface area contributed by atoms with Gasteiger partial charge in [-0.25, -0.2) is 8.42 Å². The van der Waals surface area contributed by atoms with Crippen LogP contribution in [0.5, 0.6) is 0 Å². The van der Waals surface area contributed by atoms with Gasteiger partial charge in [0.1, 0.15) is 9.75 Å². The van der Waals surface area contributed by atoms with E-state index in [2.05, 4.69) is 4.72 Å². The minimum absolute atomic E-state index is 0.0486. The number of aryl methyl sites for hydroxylation is 1. The number of aliphatic carboxylic acids is 1. The predicted octanol–water partition coefficient (Wildman–Crippen LogP) is 1.61. The molecule has 5 nitrogen and oxygen atoms in total. The summed E-state index contributed by atoms with van der Waals surface area (Å²) < 4.78 is 26.5. The molecule has 0 unspecified atom stereocenters. The minimum Gasteiger partial charge on any atom is -0.480 e. The Morgan fingerprint density at radius 2 is 2.18 bits per heavy atom. The van der Waals surface area contributed by atoms with Gasteiger partial charge < -0.3 is 5.11 Å². The van der Waals surface area contributed by atoms with Gasteiger partial charge in [0.15, 0.2) is 0 Å². The van der Waals surface area contributed by atoms with E-state index in [9.17, 15) is 13.2 Å². The van der Waals surface area contributed by atoms with Crippen LogP contribution in [0, 0.1) is 6.92 Å². The summed E-state index contributed by atoms with van der Waals surface area (Å²) in [4.78, 5) is 10.9. The molecule has 0 radical (unpaired) electrons. The molecule has 8 heteroatoms. The molecule has 1 aromatic rings. The molecule has 0 aliphatic heterocycles. The van der Waals surface area contributed by atoms with Crippen LogP contribution in [0.25, 0.3) is 0 Å². The van der Waals surface area contributed by atoms with E-state index in [4.69, 9.17) is 16.7 Å². The zero-order valence-corrected chi connectivity index (χ0v) is 11.2. The Labute approximate surface area is 107 Å². The van der Waals surface area contributed by atoms with Gasteiger partial charge in [0.25, 0.3) is 10.0 Å². The van der Waals surface area contributed by atoms with Crippen LogP contribution < -0.4 is 4.72 Å². The van der Waals surface area contributed by atoms with Crippen molar-refractivity contribution in [3.05, 3.63) is 16.0 Å². The van der Waals surface area contributed by atoms with Gasteiger partial charge in [-0.05, 0) is 31.4 Å². The molecule has 94 valence electrons. The van der Waals surface area contributed by atoms with Crippen LogP contribution in [-0.4, -0.2) is 25.0 Å². The normalized spacial score (nSPS) is 18.0. The lowest BCUT2D eigenvalue weighted by molar-refractivity contribution is -0.140. The molecule has 0 aromatic carbocycles. The topological polar surface area (TPSA) is 83.5 Å². The number of nitrogens with one attached hydrogen (secondary N) is 1. The third kappa shape index (κ3) is 2.33. The van der Waals surface area contributed by atoms with Crippen LogP contribution in [0.3, 0.4) is 0 Å². The van der Waals surface area contributed by atoms with Crippen LogP contribution in [0.15, 0.2) is 10.3 Å². The highest BCUT2D eigenvalue weighted by Gasteiger charge is 2.53. The molecule has 1 saturated carbocycles. The Morgan fingerprint density at radius 3 is 2.53 bits per heavy atom. The highest BCUT2D eigenvalue weighted by molar-refractivity contribution is 7.91. The number of hydrogen-bond donors (Lipinski definition) is 2. The average Bonchev–Trinajstić information content (AvgIpc) is 2.89. The monoisotopic (exact) mass is 295 g/mol. The Hall–Kier alpha value is -0.630. The van der Waals surface area contributed by atoms with Gasteiger partial charge in [-0.3, -0.25) is 4.79 Å². The first-order valence-corrected chi connectivity index (χ1v) is 7.48. The van der Waals surface area contributed by atoms with Crippen molar-refractivity contribution >= 4 is 38.9 Å². The molecule has 1 aliphatic carbocycles. The molecular weight excluding hydrogens is 286 g/mol.